The quantitative estimate of drug-likeness (QED) is 0.810. The highest BCUT2D eigenvalue weighted by Gasteiger charge is 2.13. The molecule has 1 aliphatic heterocycles. The zero-order valence-electron chi connectivity index (χ0n) is 13.2. The first-order valence-electron chi connectivity index (χ1n) is 8.12. The number of benzene rings is 1. The van der Waals surface area contributed by atoms with Gasteiger partial charge in [0.05, 0.1) is 0 Å². The van der Waals surface area contributed by atoms with E-state index in [2.05, 4.69) is 19.2 Å². The number of hydrogen-bond donors (Lipinski definition) is 1. The number of carbonyl (C=O) groups excluding carboxylic acids is 1. The number of rotatable bonds is 6. The Hall–Kier alpha value is -1.35. The standard InChI is InChI=1S/C18H27NO2/c1-14(2)16-5-7-17(8-6-16)18(20)19-11-3-4-15-9-12-21-13-10-15/h5-8,14-15H,3-4,9-13H2,1-2H3,(H,19,20). The molecule has 1 fully saturated rings. The summed E-state index contributed by atoms with van der Waals surface area (Å²) >= 11 is 0. The molecule has 1 amide bonds. The van der Waals surface area contributed by atoms with E-state index in [1.165, 1.54) is 24.8 Å². The summed E-state index contributed by atoms with van der Waals surface area (Å²) in [5.41, 5.74) is 2.02. The van der Waals surface area contributed by atoms with Gasteiger partial charge in [-0.15, -0.1) is 0 Å². The van der Waals surface area contributed by atoms with E-state index >= 15 is 0 Å². The molecule has 2 rings (SSSR count). The van der Waals surface area contributed by atoms with Gasteiger partial charge >= 0.3 is 0 Å². The Morgan fingerprint density at radius 2 is 1.90 bits per heavy atom. The summed E-state index contributed by atoms with van der Waals surface area (Å²) in [5.74, 6) is 1.32. The maximum atomic E-state index is 12.0. The molecular weight excluding hydrogens is 262 g/mol. The molecule has 0 aromatic heterocycles. The summed E-state index contributed by atoms with van der Waals surface area (Å²) in [6, 6.07) is 7.93. The fraction of sp³-hybridized carbons (Fsp3) is 0.611. The van der Waals surface area contributed by atoms with Gasteiger partial charge in [-0.1, -0.05) is 26.0 Å². The molecular formula is C18H27NO2. The smallest absolute Gasteiger partial charge is 0.251 e. The Morgan fingerprint density at radius 1 is 1.24 bits per heavy atom. The van der Waals surface area contributed by atoms with E-state index in [4.69, 9.17) is 4.74 Å². The third-order valence-corrected chi connectivity index (χ3v) is 4.26. The number of carbonyl (C=O) groups is 1. The Labute approximate surface area is 128 Å². The van der Waals surface area contributed by atoms with E-state index in [9.17, 15) is 4.79 Å². The lowest BCUT2D eigenvalue weighted by Gasteiger charge is -2.21. The zero-order chi connectivity index (χ0) is 15.1. The molecule has 1 aromatic carbocycles. The highest BCUT2D eigenvalue weighted by atomic mass is 16.5. The fourth-order valence-corrected chi connectivity index (χ4v) is 2.75. The van der Waals surface area contributed by atoms with Crippen LogP contribution in [0.4, 0.5) is 0 Å². The Kier molecular flexibility index (Phi) is 6.24. The van der Waals surface area contributed by atoms with Gasteiger partial charge in [0.2, 0.25) is 0 Å². The lowest BCUT2D eigenvalue weighted by atomic mass is 9.95. The summed E-state index contributed by atoms with van der Waals surface area (Å²) in [4.78, 5) is 12.0. The van der Waals surface area contributed by atoms with Crippen molar-refractivity contribution in [3.05, 3.63) is 35.4 Å². The molecule has 1 N–H and O–H groups in total. The van der Waals surface area contributed by atoms with Gasteiger partial charge in [0, 0.05) is 25.3 Å². The SMILES string of the molecule is CC(C)c1ccc(C(=O)NCCCC2CCOCC2)cc1. The van der Waals surface area contributed by atoms with Crippen LogP contribution in [0.5, 0.6) is 0 Å². The summed E-state index contributed by atoms with van der Waals surface area (Å²) < 4.78 is 5.36. The van der Waals surface area contributed by atoms with Crippen molar-refractivity contribution in [3.63, 3.8) is 0 Å². The Bertz CT molecular complexity index is 433. The normalized spacial score (nSPS) is 16.1. The predicted octanol–water partition coefficient (Wildman–Crippen LogP) is 3.75. The minimum Gasteiger partial charge on any atom is -0.381 e. The molecule has 116 valence electrons. The molecule has 3 nitrogen and oxygen atoms in total. The van der Waals surface area contributed by atoms with Crippen LogP contribution in [0.15, 0.2) is 24.3 Å². The van der Waals surface area contributed by atoms with E-state index in [0.29, 0.717) is 5.92 Å². The van der Waals surface area contributed by atoms with E-state index in [-0.39, 0.29) is 5.91 Å². The van der Waals surface area contributed by atoms with Crippen molar-refractivity contribution in [3.8, 4) is 0 Å². The van der Waals surface area contributed by atoms with Crippen LogP contribution < -0.4 is 5.32 Å². The minimum absolute atomic E-state index is 0.0392. The zero-order valence-corrected chi connectivity index (χ0v) is 13.2. The molecule has 1 saturated heterocycles. The average molecular weight is 289 g/mol. The molecule has 1 aliphatic rings. The van der Waals surface area contributed by atoms with E-state index in [1.807, 2.05) is 24.3 Å². The number of ether oxygens (including phenoxy) is 1. The molecule has 0 aliphatic carbocycles. The van der Waals surface area contributed by atoms with Crippen molar-refractivity contribution >= 4 is 5.91 Å². The van der Waals surface area contributed by atoms with Crippen LogP contribution in [0.3, 0.4) is 0 Å². The molecule has 1 heterocycles. The molecule has 1 aromatic rings. The molecule has 0 atom stereocenters. The van der Waals surface area contributed by atoms with Crippen molar-refractivity contribution in [2.75, 3.05) is 19.8 Å². The van der Waals surface area contributed by atoms with Gasteiger partial charge in [0.15, 0.2) is 0 Å². The minimum atomic E-state index is 0.0392. The maximum Gasteiger partial charge on any atom is 0.251 e. The molecule has 3 heteroatoms. The number of nitrogens with one attached hydrogen (secondary N) is 1. The van der Waals surface area contributed by atoms with Gasteiger partial charge < -0.3 is 10.1 Å². The molecule has 0 spiro atoms. The lowest BCUT2D eigenvalue weighted by molar-refractivity contribution is 0.0631. The molecule has 0 radical (unpaired) electrons. The lowest BCUT2D eigenvalue weighted by Crippen LogP contribution is -2.25. The second-order valence-electron chi connectivity index (χ2n) is 6.23. The molecule has 21 heavy (non-hydrogen) atoms. The third kappa shape index (κ3) is 5.16. The monoisotopic (exact) mass is 289 g/mol. The molecule has 0 bridgehead atoms. The van der Waals surface area contributed by atoms with E-state index < -0.39 is 0 Å². The number of amides is 1. The van der Waals surface area contributed by atoms with Crippen LogP contribution in [0.1, 0.15) is 61.4 Å². The first kappa shape index (κ1) is 16.0. The average Bonchev–Trinajstić information content (AvgIpc) is 2.52. The second-order valence-corrected chi connectivity index (χ2v) is 6.23. The summed E-state index contributed by atoms with van der Waals surface area (Å²) in [7, 11) is 0. The van der Waals surface area contributed by atoms with Gasteiger partial charge in [-0.3, -0.25) is 4.79 Å². The van der Waals surface area contributed by atoms with Crippen molar-refractivity contribution < 1.29 is 9.53 Å². The van der Waals surface area contributed by atoms with Crippen molar-refractivity contribution in [2.45, 2.75) is 45.4 Å². The molecule has 0 unspecified atom stereocenters. The van der Waals surface area contributed by atoms with Crippen LogP contribution in [0, 0.1) is 5.92 Å². The second kappa shape index (κ2) is 8.18. The third-order valence-electron chi connectivity index (χ3n) is 4.26. The van der Waals surface area contributed by atoms with Gasteiger partial charge in [-0.25, -0.2) is 0 Å². The van der Waals surface area contributed by atoms with E-state index in [1.54, 1.807) is 0 Å². The van der Waals surface area contributed by atoms with Crippen LogP contribution in [-0.2, 0) is 4.74 Å². The largest absolute Gasteiger partial charge is 0.381 e. The molecule has 0 saturated carbocycles. The van der Waals surface area contributed by atoms with Crippen LogP contribution in [-0.4, -0.2) is 25.7 Å². The van der Waals surface area contributed by atoms with Crippen molar-refractivity contribution in [2.24, 2.45) is 5.92 Å². The number of hydrogen-bond acceptors (Lipinski definition) is 2. The topological polar surface area (TPSA) is 38.3 Å². The van der Waals surface area contributed by atoms with E-state index in [0.717, 1.165) is 37.7 Å². The van der Waals surface area contributed by atoms with Crippen LogP contribution >= 0.6 is 0 Å². The summed E-state index contributed by atoms with van der Waals surface area (Å²) in [5, 5.41) is 3.02. The first-order chi connectivity index (χ1) is 10.2. The maximum absolute atomic E-state index is 12.0. The van der Waals surface area contributed by atoms with Crippen LogP contribution in [0.25, 0.3) is 0 Å². The van der Waals surface area contributed by atoms with Crippen LogP contribution in [0.2, 0.25) is 0 Å². The fourth-order valence-electron chi connectivity index (χ4n) is 2.75. The highest BCUT2D eigenvalue weighted by molar-refractivity contribution is 5.94. The summed E-state index contributed by atoms with van der Waals surface area (Å²) in [6.45, 7) is 6.89. The van der Waals surface area contributed by atoms with Gasteiger partial charge in [-0.2, -0.15) is 0 Å². The first-order valence-corrected chi connectivity index (χ1v) is 8.12. The van der Waals surface area contributed by atoms with Gasteiger partial charge in [-0.05, 0) is 55.2 Å². The van der Waals surface area contributed by atoms with Gasteiger partial charge in [0.1, 0.15) is 0 Å². The summed E-state index contributed by atoms with van der Waals surface area (Å²) in [6.07, 6.45) is 4.59. The predicted molar refractivity (Wildman–Crippen MR) is 85.6 cm³/mol. The van der Waals surface area contributed by atoms with Gasteiger partial charge in [0.25, 0.3) is 5.91 Å². The van der Waals surface area contributed by atoms with Crippen molar-refractivity contribution in [1.82, 2.24) is 5.32 Å². The highest BCUT2D eigenvalue weighted by Crippen LogP contribution is 2.19. The Balaban J connectivity index is 1.69. The Morgan fingerprint density at radius 3 is 2.52 bits per heavy atom. The van der Waals surface area contributed by atoms with Crippen molar-refractivity contribution in [1.29, 1.82) is 0 Å².